The van der Waals surface area contributed by atoms with E-state index in [1.54, 1.807) is 4.90 Å². The van der Waals surface area contributed by atoms with Gasteiger partial charge in [0.25, 0.3) is 0 Å². The van der Waals surface area contributed by atoms with Crippen LogP contribution in [-0.2, 0) is 0 Å². The van der Waals surface area contributed by atoms with Crippen LogP contribution < -0.4 is 10.2 Å². The second-order valence-electron chi connectivity index (χ2n) is 4.56. The van der Waals surface area contributed by atoms with Crippen LogP contribution in [0, 0.1) is 5.92 Å². The monoisotopic (exact) mass is 309 g/mol. The number of aromatic nitrogens is 3. The highest BCUT2D eigenvalue weighted by Crippen LogP contribution is 2.34. The van der Waals surface area contributed by atoms with E-state index in [2.05, 4.69) is 20.3 Å². The third-order valence-electron chi connectivity index (χ3n) is 3.17. The van der Waals surface area contributed by atoms with Crippen molar-refractivity contribution in [2.75, 3.05) is 29.9 Å². The van der Waals surface area contributed by atoms with Crippen LogP contribution >= 0.6 is 11.6 Å². The van der Waals surface area contributed by atoms with Crippen LogP contribution in [0.15, 0.2) is 0 Å². The molecule has 0 saturated carbocycles. The van der Waals surface area contributed by atoms with Gasteiger partial charge in [-0.05, 0) is 31.4 Å². The van der Waals surface area contributed by atoms with Gasteiger partial charge in [-0.2, -0.15) is 28.1 Å². The molecule has 1 fully saturated rings. The fraction of sp³-hybridized carbons (Fsp3) is 0.727. The Balaban J connectivity index is 2.07. The normalized spacial score (nSPS) is 17.4. The fourth-order valence-corrected chi connectivity index (χ4v) is 2.28. The van der Waals surface area contributed by atoms with E-state index in [0.29, 0.717) is 18.4 Å². The zero-order valence-electron chi connectivity index (χ0n) is 10.9. The number of rotatable bonds is 3. The van der Waals surface area contributed by atoms with Crippen LogP contribution in [-0.4, -0.2) is 40.8 Å². The molecule has 2 rings (SSSR count). The Hall–Kier alpha value is -1.31. The molecule has 20 heavy (non-hydrogen) atoms. The lowest BCUT2D eigenvalue weighted by atomic mass is 9.96. The Labute approximate surface area is 119 Å². The van der Waals surface area contributed by atoms with Gasteiger partial charge < -0.3 is 10.2 Å². The molecule has 0 bridgehead atoms. The molecule has 1 aliphatic rings. The summed E-state index contributed by atoms with van der Waals surface area (Å²) in [6, 6.07) is 0. The smallest absolute Gasteiger partial charge is 0.354 e. The Morgan fingerprint density at radius 2 is 1.90 bits per heavy atom. The van der Waals surface area contributed by atoms with E-state index in [9.17, 15) is 13.2 Å². The summed E-state index contributed by atoms with van der Waals surface area (Å²) in [4.78, 5) is 13.7. The number of alkyl halides is 3. The molecular formula is C11H15ClF3N5. The highest BCUT2D eigenvalue weighted by molar-refractivity contribution is 6.28. The first kappa shape index (κ1) is 15.1. The number of halogens is 4. The van der Waals surface area contributed by atoms with Crippen molar-refractivity contribution < 1.29 is 13.2 Å². The molecule has 0 amide bonds. The minimum Gasteiger partial charge on any atom is -0.354 e. The molecule has 5 nitrogen and oxygen atoms in total. The summed E-state index contributed by atoms with van der Waals surface area (Å²) < 4.78 is 37.8. The lowest BCUT2D eigenvalue weighted by Crippen LogP contribution is -2.39. The lowest BCUT2D eigenvalue weighted by molar-refractivity contribution is -0.179. The molecular weight excluding hydrogens is 295 g/mol. The van der Waals surface area contributed by atoms with Gasteiger partial charge in [0, 0.05) is 19.6 Å². The molecule has 112 valence electrons. The van der Waals surface area contributed by atoms with E-state index >= 15 is 0 Å². The largest absolute Gasteiger partial charge is 0.391 e. The number of nitrogens with zero attached hydrogens (tertiary/aromatic N) is 4. The number of nitrogens with one attached hydrogen (secondary N) is 1. The fourth-order valence-electron chi connectivity index (χ4n) is 2.13. The Morgan fingerprint density at radius 3 is 2.45 bits per heavy atom. The minimum atomic E-state index is -4.13. The minimum absolute atomic E-state index is 0.0314. The van der Waals surface area contributed by atoms with Gasteiger partial charge in [0.1, 0.15) is 0 Å². The Morgan fingerprint density at radius 1 is 1.25 bits per heavy atom. The van der Waals surface area contributed by atoms with E-state index in [-0.39, 0.29) is 31.2 Å². The van der Waals surface area contributed by atoms with Crippen molar-refractivity contribution >= 4 is 23.5 Å². The summed E-state index contributed by atoms with van der Waals surface area (Å²) in [5.41, 5.74) is 0. The average Bonchev–Trinajstić information content (AvgIpc) is 2.37. The molecule has 9 heteroatoms. The zero-order chi connectivity index (χ0) is 14.8. The second kappa shape index (κ2) is 5.99. The summed E-state index contributed by atoms with van der Waals surface area (Å²) in [6.07, 6.45) is -4.04. The van der Waals surface area contributed by atoms with Crippen LogP contribution in [0.4, 0.5) is 25.1 Å². The van der Waals surface area contributed by atoms with Crippen LogP contribution in [0.5, 0.6) is 0 Å². The van der Waals surface area contributed by atoms with Gasteiger partial charge in [0.15, 0.2) is 0 Å². The summed E-state index contributed by atoms with van der Waals surface area (Å²) in [7, 11) is 0. The predicted molar refractivity (Wildman–Crippen MR) is 70.0 cm³/mol. The standard InChI is InChI=1S/C11H15ClF3N5/c1-2-16-9-17-8(12)18-10(19-9)20-5-3-7(4-6-20)11(13,14)15/h7H,2-6H2,1H3,(H,16,17,18,19). The molecule has 0 aromatic carbocycles. The molecule has 1 N–H and O–H groups in total. The number of piperidine rings is 1. The summed E-state index contributed by atoms with van der Waals surface area (Å²) in [5.74, 6) is -0.591. The first-order valence-corrected chi connectivity index (χ1v) is 6.75. The topological polar surface area (TPSA) is 53.9 Å². The number of hydrogen-bond acceptors (Lipinski definition) is 5. The van der Waals surface area contributed by atoms with Gasteiger partial charge in [-0.15, -0.1) is 0 Å². The third-order valence-corrected chi connectivity index (χ3v) is 3.34. The van der Waals surface area contributed by atoms with E-state index in [1.807, 2.05) is 6.92 Å². The molecule has 1 aromatic heterocycles. The van der Waals surface area contributed by atoms with Crippen molar-refractivity contribution in [2.24, 2.45) is 5.92 Å². The maximum Gasteiger partial charge on any atom is 0.391 e. The molecule has 0 spiro atoms. The molecule has 1 aromatic rings. The maximum absolute atomic E-state index is 12.6. The van der Waals surface area contributed by atoms with E-state index in [1.165, 1.54) is 0 Å². The van der Waals surface area contributed by atoms with Crippen molar-refractivity contribution in [1.29, 1.82) is 0 Å². The highest BCUT2D eigenvalue weighted by Gasteiger charge is 2.41. The van der Waals surface area contributed by atoms with Gasteiger partial charge in [0.05, 0.1) is 5.92 Å². The van der Waals surface area contributed by atoms with Gasteiger partial charge in [-0.25, -0.2) is 0 Å². The number of hydrogen-bond donors (Lipinski definition) is 1. The van der Waals surface area contributed by atoms with Crippen molar-refractivity contribution in [1.82, 2.24) is 15.0 Å². The van der Waals surface area contributed by atoms with Crippen molar-refractivity contribution in [3.05, 3.63) is 5.28 Å². The quantitative estimate of drug-likeness (QED) is 0.930. The van der Waals surface area contributed by atoms with Gasteiger partial charge in [-0.3, -0.25) is 0 Å². The van der Waals surface area contributed by atoms with Gasteiger partial charge in [0.2, 0.25) is 17.2 Å². The molecule has 0 unspecified atom stereocenters. The Bertz CT molecular complexity index is 460. The summed E-state index contributed by atoms with van der Waals surface area (Å²) in [5, 5.41) is 2.94. The molecule has 2 heterocycles. The molecule has 0 aliphatic carbocycles. The third kappa shape index (κ3) is 3.62. The van der Waals surface area contributed by atoms with E-state index in [4.69, 9.17) is 11.6 Å². The van der Waals surface area contributed by atoms with Gasteiger partial charge >= 0.3 is 6.18 Å². The van der Waals surface area contributed by atoms with Crippen LogP contribution in [0.2, 0.25) is 5.28 Å². The second-order valence-corrected chi connectivity index (χ2v) is 4.90. The van der Waals surface area contributed by atoms with Crippen molar-refractivity contribution in [3.8, 4) is 0 Å². The highest BCUT2D eigenvalue weighted by atomic mass is 35.5. The molecule has 0 atom stereocenters. The van der Waals surface area contributed by atoms with Crippen molar-refractivity contribution in [3.63, 3.8) is 0 Å². The molecule has 1 aliphatic heterocycles. The van der Waals surface area contributed by atoms with E-state index in [0.717, 1.165) is 0 Å². The molecule has 1 saturated heterocycles. The van der Waals surface area contributed by atoms with Crippen LogP contribution in [0.25, 0.3) is 0 Å². The lowest BCUT2D eigenvalue weighted by Gasteiger charge is -2.32. The first-order valence-electron chi connectivity index (χ1n) is 6.37. The first-order chi connectivity index (χ1) is 9.40. The number of anilines is 2. The van der Waals surface area contributed by atoms with Crippen LogP contribution in [0.1, 0.15) is 19.8 Å². The SMILES string of the molecule is CCNc1nc(Cl)nc(N2CCC(C(F)(F)F)CC2)n1. The summed E-state index contributed by atoms with van der Waals surface area (Å²) >= 11 is 5.80. The van der Waals surface area contributed by atoms with E-state index < -0.39 is 12.1 Å². The predicted octanol–water partition coefficient (Wildman–Crippen LogP) is 2.74. The van der Waals surface area contributed by atoms with Crippen LogP contribution in [0.3, 0.4) is 0 Å². The Kier molecular flexibility index (Phi) is 4.52. The zero-order valence-corrected chi connectivity index (χ0v) is 11.7. The molecule has 0 radical (unpaired) electrons. The summed E-state index contributed by atoms with van der Waals surface area (Å²) in [6.45, 7) is 3.02. The average molecular weight is 310 g/mol. The van der Waals surface area contributed by atoms with Gasteiger partial charge in [-0.1, -0.05) is 0 Å². The van der Waals surface area contributed by atoms with Crippen molar-refractivity contribution in [2.45, 2.75) is 25.9 Å². The maximum atomic E-state index is 12.6.